The molecule has 0 saturated carbocycles. The first kappa shape index (κ1) is 17.4. The molecule has 0 saturated heterocycles. The molecule has 2 aromatic carbocycles. The van der Waals surface area contributed by atoms with Gasteiger partial charge in [0.05, 0.1) is 24.8 Å². The SMILES string of the molecule is COc1ccc(S(=O)(=O)N(C)c2cc(Cl)ccc2OC)cc1C. The fourth-order valence-corrected chi connectivity index (χ4v) is 3.66. The number of anilines is 1. The van der Waals surface area contributed by atoms with Gasteiger partial charge in [0.1, 0.15) is 11.5 Å². The minimum atomic E-state index is -3.75. The molecule has 0 bridgehead atoms. The number of hydrogen-bond acceptors (Lipinski definition) is 4. The van der Waals surface area contributed by atoms with Crippen LogP contribution < -0.4 is 13.8 Å². The van der Waals surface area contributed by atoms with Crippen LogP contribution in [0.15, 0.2) is 41.3 Å². The molecule has 0 atom stereocenters. The Morgan fingerprint density at radius 2 is 1.61 bits per heavy atom. The van der Waals surface area contributed by atoms with Crippen molar-refractivity contribution in [1.29, 1.82) is 0 Å². The van der Waals surface area contributed by atoms with Crippen LogP contribution in [-0.2, 0) is 10.0 Å². The van der Waals surface area contributed by atoms with Gasteiger partial charge in [0.2, 0.25) is 0 Å². The zero-order valence-corrected chi connectivity index (χ0v) is 14.9. The minimum absolute atomic E-state index is 0.167. The maximum atomic E-state index is 12.9. The van der Waals surface area contributed by atoms with E-state index in [0.717, 1.165) is 9.87 Å². The molecule has 0 aliphatic carbocycles. The highest BCUT2D eigenvalue weighted by atomic mass is 35.5. The Balaban J connectivity index is 2.51. The van der Waals surface area contributed by atoms with Crippen LogP contribution >= 0.6 is 11.6 Å². The molecule has 2 aromatic rings. The molecule has 124 valence electrons. The van der Waals surface area contributed by atoms with Crippen LogP contribution in [0.25, 0.3) is 0 Å². The molecule has 2 rings (SSSR count). The number of ether oxygens (including phenoxy) is 2. The van der Waals surface area contributed by atoms with E-state index in [4.69, 9.17) is 21.1 Å². The summed E-state index contributed by atoms with van der Waals surface area (Å²) < 4.78 is 37.2. The molecule has 0 fully saturated rings. The Morgan fingerprint density at radius 3 is 2.17 bits per heavy atom. The molecule has 0 radical (unpaired) electrons. The molecular weight excluding hydrogens is 338 g/mol. The second-order valence-electron chi connectivity index (χ2n) is 4.92. The Labute approximate surface area is 141 Å². The van der Waals surface area contributed by atoms with Gasteiger partial charge >= 0.3 is 0 Å². The number of aryl methyl sites for hydroxylation is 1. The number of methoxy groups -OCH3 is 2. The first-order valence-corrected chi connectivity index (χ1v) is 8.60. The first-order valence-electron chi connectivity index (χ1n) is 6.78. The molecule has 0 amide bonds. The number of hydrogen-bond donors (Lipinski definition) is 0. The van der Waals surface area contributed by atoms with E-state index < -0.39 is 10.0 Å². The first-order chi connectivity index (χ1) is 10.8. The lowest BCUT2D eigenvalue weighted by atomic mass is 10.2. The van der Waals surface area contributed by atoms with E-state index in [-0.39, 0.29) is 4.90 Å². The molecular formula is C16H18ClNO4S. The van der Waals surface area contributed by atoms with Crippen molar-refractivity contribution in [1.82, 2.24) is 0 Å². The van der Waals surface area contributed by atoms with Crippen LogP contribution in [0.2, 0.25) is 5.02 Å². The summed E-state index contributed by atoms with van der Waals surface area (Å²) in [6, 6.07) is 9.53. The Bertz CT molecular complexity index is 821. The smallest absolute Gasteiger partial charge is 0.264 e. The lowest BCUT2D eigenvalue weighted by Crippen LogP contribution is -2.27. The lowest BCUT2D eigenvalue weighted by Gasteiger charge is -2.22. The van der Waals surface area contributed by atoms with Gasteiger partial charge in [0.25, 0.3) is 10.0 Å². The van der Waals surface area contributed by atoms with E-state index in [9.17, 15) is 8.42 Å². The summed E-state index contributed by atoms with van der Waals surface area (Å²) in [5.74, 6) is 1.05. The predicted molar refractivity (Wildman–Crippen MR) is 91.3 cm³/mol. The molecule has 23 heavy (non-hydrogen) atoms. The summed E-state index contributed by atoms with van der Waals surface area (Å²) in [6.45, 7) is 1.79. The summed E-state index contributed by atoms with van der Waals surface area (Å²) in [4.78, 5) is 0.167. The molecule has 5 nitrogen and oxygen atoms in total. The summed E-state index contributed by atoms with van der Waals surface area (Å²) >= 11 is 5.99. The van der Waals surface area contributed by atoms with Gasteiger partial charge in [-0.05, 0) is 48.9 Å². The van der Waals surface area contributed by atoms with Crippen molar-refractivity contribution in [3.05, 3.63) is 47.0 Å². The third-order valence-electron chi connectivity index (χ3n) is 3.50. The number of halogens is 1. The molecule has 0 aliphatic heterocycles. The third kappa shape index (κ3) is 3.38. The number of rotatable bonds is 5. The third-order valence-corrected chi connectivity index (χ3v) is 5.51. The van der Waals surface area contributed by atoms with E-state index in [0.29, 0.717) is 22.2 Å². The molecule has 0 spiro atoms. The highest BCUT2D eigenvalue weighted by Crippen LogP contribution is 2.34. The summed E-state index contributed by atoms with van der Waals surface area (Å²) in [5.41, 5.74) is 1.11. The highest BCUT2D eigenvalue weighted by molar-refractivity contribution is 7.92. The highest BCUT2D eigenvalue weighted by Gasteiger charge is 2.24. The normalized spacial score (nSPS) is 11.2. The van der Waals surface area contributed by atoms with Gasteiger partial charge in [0.15, 0.2) is 0 Å². The molecule has 0 heterocycles. The monoisotopic (exact) mass is 355 g/mol. The summed E-state index contributed by atoms with van der Waals surface area (Å²) in [7, 11) is 0.730. The van der Waals surface area contributed by atoms with E-state index >= 15 is 0 Å². The number of nitrogens with zero attached hydrogens (tertiary/aromatic N) is 1. The number of sulfonamides is 1. The standard InChI is InChI=1S/C16H18ClNO4S/c1-11-9-13(6-8-15(11)21-3)23(19,20)18(2)14-10-12(17)5-7-16(14)22-4/h5-10H,1-4H3. The molecule has 7 heteroatoms. The van der Waals surface area contributed by atoms with Gasteiger partial charge in [-0.15, -0.1) is 0 Å². The van der Waals surface area contributed by atoms with E-state index in [1.165, 1.54) is 20.2 Å². The van der Waals surface area contributed by atoms with Crippen molar-refractivity contribution in [3.8, 4) is 11.5 Å². The molecule has 0 unspecified atom stereocenters. The lowest BCUT2D eigenvalue weighted by molar-refractivity contribution is 0.411. The quantitative estimate of drug-likeness (QED) is 0.823. The minimum Gasteiger partial charge on any atom is -0.496 e. The topological polar surface area (TPSA) is 55.8 Å². The van der Waals surface area contributed by atoms with E-state index in [2.05, 4.69) is 0 Å². The van der Waals surface area contributed by atoms with Gasteiger partial charge in [-0.25, -0.2) is 8.42 Å². The van der Waals surface area contributed by atoms with Gasteiger partial charge in [-0.1, -0.05) is 11.6 Å². The Morgan fingerprint density at radius 1 is 1.00 bits per heavy atom. The molecule has 0 aliphatic rings. The maximum Gasteiger partial charge on any atom is 0.264 e. The van der Waals surface area contributed by atoms with Gasteiger partial charge in [-0.3, -0.25) is 4.31 Å². The maximum absolute atomic E-state index is 12.9. The van der Waals surface area contributed by atoms with Crippen molar-refractivity contribution in [2.45, 2.75) is 11.8 Å². The van der Waals surface area contributed by atoms with Gasteiger partial charge in [0, 0.05) is 12.1 Å². The van der Waals surface area contributed by atoms with Crippen molar-refractivity contribution >= 4 is 27.3 Å². The van der Waals surface area contributed by atoms with Gasteiger partial charge < -0.3 is 9.47 Å². The predicted octanol–water partition coefficient (Wildman–Crippen LogP) is 3.49. The second-order valence-corrected chi connectivity index (χ2v) is 7.33. The van der Waals surface area contributed by atoms with E-state index in [1.54, 1.807) is 44.4 Å². The average molecular weight is 356 g/mol. The Kier molecular flexibility index (Phi) is 5.06. The van der Waals surface area contributed by atoms with Gasteiger partial charge in [-0.2, -0.15) is 0 Å². The molecule has 0 aromatic heterocycles. The van der Waals surface area contributed by atoms with Crippen molar-refractivity contribution in [3.63, 3.8) is 0 Å². The van der Waals surface area contributed by atoms with Crippen LogP contribution in [0.3, 0.4) is 0 Å². The van der Waals surface area contributed by atoms with Crippen LogP contribution in [0.4, 0.5) is 5.69 Å². The zero-order chi connectivity index (χ0) is 17.2. The Hall–Kier alpha value is -1.92. The van der Waals surface area contributed by atoms with Crippen molar-refractivity contribution < 1.29 is 17.9 Å². The summed E-state index contributed by atoms with van der Waals surface area (Å²) in [6.07, 6.45) is 0. The summed E-state index contributed by atoms with van der Waals surface area (Å²) in [5, 5.41) is 0.425. The second kappa shape index (κ2) is 6.68. The largest absolute Gasteiger partial charge is 0.496 e. The van der Waals surface area contributed by atoms with Crippen LogP contribution in [0.5, 0.6) is 11.5 Å². The average Bonchev–Trinajstić information content (AvgIpc) is 2.53. The van der Waals surface area contributed by atoms with Crippen molar-refractivity contribution in [2.24, 2.45) is 0 Å². The molecule has 0 N–H and O–H groups in total. The van der Waals surface area contributed by atoms with Crippen LogP contribution in [0, 0.1) is 6.92 Å². The van der Waals surface area contributed by atoms with E-state index in [1.807, 2.05) is 0 Å². The van der Waals surface area contributed by atoms with Crippen LogP contribution in [0.1, 0.15) is 5.56 Å². The zero-order valence-electron chi connectivity index (χ0n) is 13.3. The van der Waals surface area contributed by atoms with Crippen molar-refractivity contribution in [2.75, 3.05) is 25.6 Å². The fourth-order valence-electron chi connectivity index (χ4n) is 2.21. The van der Waals surface area contributed by atoms with Crippen LogP contribution in [-0.4, -0.2) is 29.7 Å². The fraction of sp³-hybridized carbons (Fsp3) is 0.250. The number of benzene rings is 2.